The Labute approximate surface area is 183 Å². The number of methoxy groups -OCH3 is 2. The Morgan fingerprint density at radius 3 is 2.21 bits per heavy atom. The van der Waals surface area contributed by atoms with Crippen molar-refractivity contribution in [2.24, 2.45) is 10.2 Å². The molecule has 3 rings (SSSR count). The molecule has 0 radical (unpaired) electrons. The SMILES string of the molecule is COc1ccc(/C=N/N=C2\NC(=O)/C(=C\c3ccc(OC)c(Br)c3)S2)cc1Br. The van der Waals surface area contributed by atoms with Gasteiger partial charge >= 0.3 is 0 Å². The van der Waals surface area contributed by atoms with Gasteiger partial charge in [-0.25, -0.2) is 0 Å². The van der Waals surface area contributed by atoms with Crippen LogP contribution in [-0.4, -0.2) is 31.5 Å². The third-order valence-corrected chi connectivity index (χ3v) is 5.80. The molecule has 1 heterocycles. The summed E-state index contributed by atoms with van der Waals surface area (Å²) < 4.78 is 12.0. The van der Waals surface area contributed by atoms with Crippen LogP contribution < -0.4 is 14.8 Å². The number of benzene rings is 2. The minimum atomic E-state index is -0.210. The lowest BCUT2D eigenvalue weighted by Crippen LogP contribution is -2.19. The largest absolute Gasteiger partial charge is 0.496 e. The second-order valence-electron chi connectivity index (χ2n) is 5.50. The Hall–Kier alpha value is -2.10. The lowest BCUT2D eigenvalue weighted by molar-refractivity contribution is -0.115. The van der Waals surface area contributed by atoms with Crippen LogP contribution in [0.2, 0.25) is 0 Å². The van der Waals surface area contributed by atoms with Crippen LogP contribution in [-0.2, 0) is 4.79 Å². The number of hydrogen-bond acceptors (Lipinski definition) is 6. The van der Waals surface area contributed by atoms with Gasteiger partial charge in [-0.1, -0.05) is 6.07 Å². The van der Waals surface area contributed by atoms with Crippen molar-refractivity contribution < 1.29 is 14.3 Å². The van der Waals surface area contributed by atoms with E-state index in [4.69, 9.17) is 9.47 Å². The van der Waals surface area contributed by atoms with Crippen LogP contribution in [0.5, 0.6) is 11.5 Å². The summed E-state index contributed by atoms with van der Waals surface area (Å²) in [4.78, 5) is 12.7. The topological polar surface area (TPSA) is 72.3 Å². The van der Waals surface area contributed by atoms with Gasteiger partial charge in [0, 0.05) is 0 Å². The van der Waals surface area contributed by atoms with Crippen molar-refractivity contribution in [2.45, 2.75) is 0 Å². The minimum Gasteiger partial charge on any atom is -0.496 e. The number of halogens is 2. The number of hydrogen-bond donors (Lipinski definition) is 1. The van der Waals surface area contributed by atoms with Crippen LogP contribution in [0, 0.1) is 0 Å². The first-order valence-corrected chi connectivity index (χ1v) is 10.4. The number of nitrogens with zero attached hydrogens (tertiary/aromatic N) is 2. The molecule has 1 amide bonds. The lowest BCUT2D eigenvalue weighted by atomic mass is 10.2. The maximum Gasteiger partial charge on any atom is 0.264 e. The van der Waals surface area contributed by atoms with E-state index in [1.54, 1.807) is 26.5 Å². The molecule has 144 valence electrons. The molecule has 28 heavy (non-hydrogen) atoms. The van der Waals surface area contributed by atoms with Crippen molar-refractivity contribution in [1.29, 1.82) is 0 Å². The Morgan fingerprint density at radius 1 is 1.00 bits per heavy atom. The van der Waals surface area contributed by atoms with Crippen LogP contribution in [0.15, 0.2) is 60.5 Å². The summed E-state index contributed by atoms with van der Waals surface area (Å²) in [5.74, 6) is 1.26. The highest BCUT2D eigenvalue weighted by Gasteiger charge is 2.23. The summed E-state index contributed by atoms with van der Waals surface area (Å²) >= 11 is 8.10. The van der Waals surface area contributed by atoms with Gasteiger partial charge in [-0.05, 0) is 91.2 Å². The number of nitrogens with one attached hydrogen (secondary N) is 1. The zero-order valence-corrected chi connectivity index (χ0v) is 18.9. The fraction of sp³-hybridized carbons (Fsp3) is 0.105. The number of rotatable bonds is 5. The molecule has 9 heteroatoms. The number of carbonyl (C=O) groups excluding carboxylic acids is 1. The molecule has 6 nitrogen and oxygen atoms in total. The normalized spacial score (nSPS) is 16.8. The Kier molecular flexibility index (Phi) is 6.93. The van der Waals surface area contributed by atoms with E-state index in [9.17, 15) is 4.79 Å². The summed E-state index contributed by atoms with van der Waals surface area (Å²) in [7, 11) is 3.21. The maximum atomic E-state index is 12.2. The van der Waals surface area contributed by atoms with Crippen molar-refractivity contribution in [3.63, 3.8) is 0 Å². The smallest absolute Gasteiger partial charge is 0.264 e. The van der Waals surface area contributed by atoms with Gasteiger partial charge in [0.1, 0.15) is 11.5 Å². The highest BCUT2D eigenvalue weighted by Crippen LogP contribution is 2.30. The molecular formula is C19H15Br2N3O3S. The monoisotopic (exact) mass is 523 g/mol. The van der Waals surface area contributed by atoms with Crippen LogP contribution in [0.4, 0.5) is 0 Å². The summed E-state index contributed by atoms with van der Waals surface area (Å²) in [6.45, 7) is 0. The van der Waals surface area contributed by atoms with Crippen LogP contribution in [0.3, 0.4) is 0 Å². The summed E-state index contributed by atoms with van der Waals surface area (Å²) in [5.41, 5.74) is 1.73. The molecule has 0 unspecified atom stereocenters. The van der Waals surface area contributed by atoms with Gasteiger partial charge in [0.25, 0.3) is 5.91 Å². The molecule has 0 saturated carbocycles. The van der Waals surface area contributed by atoms with Gasteiger partial charge in [0.15, 0.2) is 5.17 Å². The molecule has 1 fully saturated rings. The molecule has 1 aliphatic rings. The fourth-order valence-corrected chi connectivity index (χ4v) is 4.21. The highest BCUT2D eigenvalue weighted by molar-refractivity contribution is 9.10. The van der Waals surface area contributed by atoms with E-state index in [0.29, 0.717) is 10.1 Å². The second kappa shape index (κ2) is 9.40. The van der Waals surface area contributed by atoms with E-state index in [-0.39, 0.29) is 5.91 Å². The van der Waals surface area contributed by atoms with Gasteiger partial charge < -0.3 is 9.47 Å². The Morgan fingerprint density at radius 2 is 1.61 bits per heavy atom. The van der Waals surface area contributed by atoms with Crippen LogP contribution >= 0.6 is 43.6 Å². The quantitative estimate of drug-likeness (QED) is 0.345. The zero-order valence-electron chi connectivity index (χ0n) is 14.9. The van der Waals surface area contributed by atoms with Crippen molar-refractivity contribution in [3.8, 4) is 11.5 Å². The van der Waals surface area contributed by atoms with Crippen molar-refractivity contribution in [1.82, 2.24) is 5.32 Å². The molecule has 1 N–H and O–H groups in total. The van der Waals surface area contributed by atoms with Gasteiger partial charge in [0.05, 0.1) is 34.3 Å². The fourth-order valence-electron chi connectivity index (χ4n) is 2.31. The lowest BCUT2D eigenvalue weighted by Gasteiger charge is -2.03. The molecule has 1 saturated heterocycles. The Bertz CT molecular complexity index is 1010. The molecule has 0 bridgehead atoms. The van der Waals surface area contributed by atoms with Crippen molar-refractivity contribution >= 4 is 67.0 Å². The van der Waals surface area contributed by atoms with E-state index < -0.39 is 0 Å². The third-order valence-electron chi connectivity index (χ3n) is 3.66. The van der Waals surface area contributed by atoms with E-state index in [2.05, 4.69) is 47.4 Å². The Balaban J connectivity index is 1.71. The van der Waals surface area contributed by atoms with Gasteiger partial charge in [-0.15, -0.1) is 5.10 Å². The first kappa shape index (κ1) is 20.6. The minimum absolute atomic E-state index is 0.210. The third kappa shape index (κ3) is 5.03. The first-order chi connectivity index (χ1) is 13.5. The van der Waals surface area contributed by atoms with E-state index in [1.807, 2.05) is 36.4 Å². The molecule has 0 atom stereocenters. The number of amidine groups is 1. The molecular weight excluding hydrogens is 510 g/mol. The highest BCUT2D eigenvalue weighted by atomic mass is 79.9. The van der Waals surface area contributed by atoms with Crippen LogP contribution in [0.1, 0.15) is 11.1 Å². The standard InChI is InChI=1S/C19H15Br2N3O3S/c1-26-15-5-3-11(7-13(15)20)9-17-18(25)23-19(28-17)24-22-10-12-4-6-16(27-2)14(21)8-12/h3-10H,1-2H3,(H,23,24,25)/b17-9+,22-10+. The maximum absolute atomic E-state index is 12.2. The molecule has 2 aromatic rings. The average molecular weight is 525 g/mol. The van der Waals surface area contributed by atoms with Crippen molar-refractivity contribution in [3.05, 3.63) is 61.4 Å². The predicted molar refractivity (Wildman–Crippen MR) is 120 cm³/mol. The zero-order chi connectivity index (χ0) is 20.1. The first-order valence-electron chi connectivity index (χ1n) is 7.99. The van der Waals surface area contributed by atoms with E-state index in [0.717, 1.165) is 31.6 Å². The van der Waals surface area contributed by atoms with Gasteiger partial charge in [0.2, 0.25) is 0 Å². The van der Waals surface area contributed by atoms with Gasteiger partial charge in [-0.3, -0.25) is 10.1 Å². The molecule has 0 spiro atoms. The molecule has 2 aromatic carbocycles. The molecule has 0 aliphatic carbocycles. The second-order valence-corrected chi connectivity index (χ2v) is 8.24. The predicted octanol–water partition coefficient (Wildman–Crippen LogP) is 4.82. The number of amides is 1. The molecule has 0 aromatic heterocycles. The molecule has 1 aliphatic heterocycles. The van der Waals surface area contributed by atoms with E-state index >= 15 is 0 Å². The van der Waals surface area contributed by atoms with Crippen LogP contribution in [0.25, 0.3) is 6.08 Å². The number of thioether (sulfide) groups is 1. The van der Waals surface area contributed by atoms with E-state index in [1.165, 1.54) is 11.8 Å². The summed E-state index contributed by atoms with van der Waals surface area (Å²) in [6, 6.07) is 11.2. The number of ether oxygens (including phenoxy) is 2. The summed E-state index contributed by atoms with van der Waals surface area (Å²) in [6.07, 6.45) is 3.39. The summed E-state index contributed by atoms with van der Waals surface area (Å²) in [5, 5.41) is 11.3. The van der Waals surface area contributed by atoms with Crippen molar-refractivity contribution in [2.75, 3.05) is 14.2 Å². The average Bonchev–Trinajstić information content (AvgIpc) is 3.01. The number of carbonyl (C=O) groups is 1. The van der Waals surface area contributed by atoms with Gasteiger partial charge in [-0.2, -0.15) is 5.10 Å².